The molecular formula is C26H27FN2O2. The maximum absolute atomic E-state index is 13.7. The van der Waals surface area contributed by atoms with Gasteiger partial charge < -0.3 is 15.0 Å². The van der Waals surface area contributed by atoms with E-state index in [-0.39, 0.29) is 24.2 Å². The fourth-order valence-corrected chi connectivity index (χ4v) is 3.83. The Morgan fingerprint density at radius 3 is 2.55 bits per heavy atom. The third-order valence-corrected chi connectivity index (χ3v) is 5.79. The lowest BCUT2D eigenvalue weighted by molar-refractivity contribution is -0.116. The number of benzene rings is 3. The molecule has 1 aliphatic heterocycles. The predicted octanol–water partition coefficient (Wildman–Crippen LogP) is 5.55. The fraction of sp³-hybridized carbons (Fsp3) is 0.269. The van der Waals surface area contributed by atoms with Crippen molar-refractivity contribution >= 4 is 17.3 Å². The molecule has 1 atom stereocenters. The van der Waals surface area contributed by atoms with Crippen molar-refractivity contribution in [1.82, 2.24) is 0 Å². The Balaban J connectivity index is 1.55. The number of carbonyl (C=O) groups is 1. The molecule has 0 bridgehead atoms. The van der Waals surface area contributed by atoms with Crippen molar-refractivity contribution < 1.29 is 13.9 Å². The number of anilines is 2. The van der Waals surface area contributed by atoms with Crippen LogP contribution >= 0.6 is 0 Å². The van der Waals surface area contributed by atoms with Crippen LogP contribution in [0, 0.1) is 26.6 Å². The van der Waals surface area contributed by atoms with Crippen LogP contribution in [-0.4, -0.2) is 18.6 Å². The Bertz CT molecular complexity index is 1100. The monoisotopic (exact) mass is 418 g/mol. The number of amides is 1. The van der Waals surface area contributed by atoms with E-state index < -0.39 is 0 Å². The van der Waals surface area contributed by atoms with Gasteiger partial charge in [-0.3, -0.25) is 4.79 Å². The molecule has 1 aliphatic rings. The maximum Gasteiger partial charge on any atom is 0.226 e. The number of hydrogen-bond acceptors (Lipinski definition) is 3. The van der Waals surface area contributed by atoms with Crippen molar-refractivity contribution in [3.05, 3.63) is 88.7 Å². The standard InChI is InChI=1S/C26H27FN2O2/c1-17-4-7-20(8-5-17)15-29-23(16-31-25-13-21(27)9-11-24(25)29)14-26(30)28-22-10-6-18(2)19(3)12-22/h4-13,23H,14-16H2,1-3H3,(H,28,30)/t23-/m0/s1. The molecule has 160 valence electrons. The number of fused-ring (bicyclic) bond motifs is 1. The molecule has 5 heteroatoms. The Morgan fingerprint density at radius 2 is 1.81 bits per heavy atom. The predicted molar refractivity (Wildman–Crippen MR) is 122 cm³/mol. The first kappa shape index (κ1) is 20.9. The van der Waals surface area contributed by atoms with Crippen molar-refractivity contribution in [2.45, 2.75) is 39.8 Å². The van der Waals surface area contributed by atoms with E-state index in [9.17, 15) is 9.18 Å². The lowest BCUT2D eigenvalue weighted by Crippen LogP contribution is -2.44. The molecule has 3 aromatic rings. The number of hydrogen-bond donors (Lipinski definition) is 1. The van der Waals surface area contributed by atoms with Crippen LogP contribution in [0.2, 0.25) is 0 Å². The molecule has 4 rings (SSSR count). The van der Waals surface area contributed by atoms with Crippen molar-refractivity contribution in [1.29, 1.82) is 0 Å². The first-order valence-corrected chi connectivity index (χ1v) is 10.5. The molecule has 0 saturated heterocycles. The number of nitrogens with one attached hydrogen (secondary N) is 1. The first-order chi connectivity index (χ1) is 14.9. The van der Waals surface area contributed by atoms with Gasteiger partial charge in [0.1, 0.15) is 18.2 Å². The molecule has 0 saturated carbocycles. The number of rotatable bonds is 5. The summed E-state index contributed by atoms with van der Waals surface area (Å²) in [4.78, 5) is 15.0. The molecule has 4 nitrogen and oxygen atoms in total. The third-order valence-electron chi connectivity index (χ3n) is 5.79. The van der Waals surface area contributed by atoms with Crippen LogP contribution < -0.4 is 15.0 Å². The van der Waals surface area contributed by atoms with E-state index in [1.165, 1.54) is 23.3 Å². The summed E-state index contributed by atoms with van der Waals surface area (Å²) in [6.45, 7) is 7.06. The van der Waals surface area contributed by atoms with Crippen LogP contribution in [0.4, 0.5) is 15.8 Å². The summed E-state index contributed by atoms with van der Waals surface area (Å²) in [7, 11) is 0. The van der Waals surface area contributed by atoms with E-state index in [1.807, 2.05) is 32.0 Å². The molecule has 0 aromatic heterocycles. The van der Waals surface area contributed by atoms with Crippen LogP contribution in [0.15, 0.2) is 60.7 Å². The topological polar surface area (TPSA) is 41.6 Å². The molecule has 0 spiro atoms. The summed E-state index contributed by atoms with van der Waals surface area (Å²) in [5.74, 6) is 0.106. The molecule has 0 radical (unpaired) electrons. The molecule has 1 heterocycles. The molecule has 0 unspecified atom stereocenters. The van der Waals surface area contributed by atoms with Crippen LogP contribution in [0.5, 0.6) is 5.75 Å². The smallest absolute Gasteiger partial charge is 0.226 e. The van der Waals surface area contributed by atoms with Crippen LogP contribution in [-0.2, 0) is 11.3 Å². The average Bonchev–Trinajstić information content (AvgIpc) is 2.74. The molecule has 0 aliphatic carbocycles. The quantitative estimate of drug-likeness (QED) is 0.591. The zero-order chi connectivity index (χ0) is 22.0. The zero-order valence-electron chi connectivity index (χ0n) is 18.1. The number of ether oxygens (including phenoxy) is 1. The summed E-state index contributed by atoms with van der Waals surface area (Å²) >= 11 is 0. The van der Waals surface area contributed by atoms with E-state index >= 15 is 0 Å². The van der Waals surface area contributed by atoms with Crippen molar-refractivity contribution in [3.63, 3.8) is 0 Å². The number of nitrogens with zero attached hydrogens (tertiary/aromatic N) is 1. The fourth-order valence-electron chi connectivity index (χ4n) is 3.83. The highest BCUT2D eigenvalue weighted by molar-refractivity contribution is 5.91. The summed E-state index contributed by atoms with van der Waals surface area (Å²) in [5.41, 5.74) is 6.23. The Kier molecular flexibility index (Phi) is 5.94. The van der Waals surface area contributed by atoms with E-state index in [0.29, 0.717) is 18.9 Å². The number of carbonyl (C=O) groups excluding carboxylic acids is 1. The summed E-state index contributed by atoms with van der Waals surface area (Å²) in [6.07, 6.45) is 0.273. The van der Waals surface area contributed by atoms with Gasteiger partial charge in [0.2, 0.25) is 5.91 Å². The van der Waals surface area contributed by atoms with Gasteiger partial charge in [-0.1, -0.05) is 35.9 Å². The van der Waals surface area contributed by atoms with E-state index in [0.717, 1.165) is 22.5 Å². The molecule has 1 amide bonds. The molecule has 1 N–H and O–H groups in total. The second-order valence-corrected chi connectivity index (χ2v) is 8.24. The van der Waals surface area contributed by atoms with Gasteiger partial charge in [0, 0.05) is 18.3 Å². The summed E-state index contributed by atoms with van der Waals surface area (Å²) < 4.78 is 19.6. The number of aryl methyl sites for hydroxylation is 3. The molecule has 3 aromatic carbocycles. The minimum Gasteiger partial charge on any atom is -0.489 e. The van der Waals surface area contributed by atoms with Gasteiger partial charge in [0.25, 0.3) is 0 Å². The van der Waals surface area contributed by atoms with Crippen molar-refractivity contribution in [3.8, 4) is 5.75 Å². The minimum atomic E-state index is -0.333. The van der Waals surface area contributed by atoms with Crippen LogP contribution in [0.1, 0.15) is 28.7 Å². The lowest BCUT2D eigenvalue weighted by atomic mass is 10.0. The Morgan fingerprint density at radius 1 is 1.03 bits per heavy atom. The van der Waals surface area contributed by atoms with Gasteiger partial charge in [-0.2, -0.15) is 0 Å². The highest BCUT2D eigenvalue weighted by atomic mass is 19.1. The maximum atomic E-state index is 13.7. The SMILES string of the molecule is Cc1ccc(CN2c3ccc(F)cc3OC[C@@H]2CC(=O)Nc2ccc(C)c(C)c2)cc1. The molecule has 31 heavy (non-hydrogen) atoms. The zero-order valence-corrected chi connectivity index (χ0v) is 18.1. The highest BCUT2D eigenvalue weighted by Gasteiger charge is 2.30. The van der Waals surface area contributed by atoms with Crippen molar-refractivity contribution in [2.24, 2.45) is 0 Å². The lowest BCUT2D eigenvalue weighted by Gasteiger charge is -2.38. The second-order valence-electron chi connectivity index (χ2n) is 8.24. The Labute approximate surface area is 182 Å². The van der Waals surface area contributed by atoms with Gasteiger partial charge in [-0.05, 0) is 61.7 Å². The van der Waals surface area contributed by atoms with E-state index in [4.69, 9.17) is 4.74 Å². The number of halogens is 1. The highest BCUT2D eigenvalue weighted by Crippen LogP contribution is 2.36. The van der Waals surface area contributed by atoms with Crippen LogP contribution in [0.25, 0.3) is 0 Å². The second kappa shape index (κ2) is 8.80. The molecular weight excluding hydrogens is 391 g/mol. The normalized spacial score (nSPS) is 15.2. The molecule has 0 fully saturated rings. The van der Waals surface area contributed by atoms with Gasteiger partial charge in [0.05, 0.1) is 18.2 Å². The summed E-state index contributed by atoms with van der Waals surface area (Å²) in [6, 6.07) is 18.6. The largest absolute Gasteiger partial charge is 0.489 e. The summed E-state index contributed by atoms with van der Waals surface area (Å²) in [5, 5.41) is 3.00. The van der Waals surface area contributed by atoms with Gasteiger partial charge in [-0.25, -0.2) is 4.39 Å². The first-order valence-electron chi connectivity index (χ1n) is 10.5. The van der Waals surface area contributed by atoms with Gasteiger partial charge in [0.15, 0.2) is 0 Å². The van der Waals surface area contributed by atoms with Gasteiger partial charge >= 0.3 is 0 Å². The minimum absolute atomic E-state index is 0.0729. The van der Waals surface area contributed by atoms with E-state index in [2.05, 4.69) is 41.4 Å². The van der Waals surface area contributed by atoms with Crippen LogP contribution in [0.3, 0.4) is 0 Å². The van der Waals surface area contributed by atoms with E-state index in [1.54, 1.807) is 6.07 Å². The van der Waals surface area contributed by atoms with Crippen molar-refractivity contribution in [2.75, 3.05) is 16.8 Å². The third kappa shape index (κ3) is 4.88. The van der Waals surface area contributed by atoms with Gasteiger partial charge in [-0.15, -0.1) is 0 Å². The Hall–Kier alpha value is -3.34. The average molecular weight is 419 g/mol.